The summed E-state index contributed by atoms with van der Waals surface area (Å²) in [5.41, 5.74) is 5.37. The van der Waals surface area contributed by atoms with Gasteiger partial charge in [-0.25, -0.2) is 0 Å². The average Bonchev–Trinajstić information content (AvgIpc) is 2.52. The van der Waals surface area contributed by atoms with E-state index in [0.717, 1.165) is 12.8 Å². The van der Waals surface area contributed by atoms with Gasteiger partial charge in [-0.2, -0.15) is 0 Å². The fourth-order valence-corrected chi connectivity index (χ4v) is 2.13. The predicted molar refractivity (Wildman–Crippen MR) is 82.1 cm³/mol. The number of carbonyl (C=O) groups excluding carboxylic acids is 2. The van der Waals surface area contributed by atoms with Gasteiger partial charge >= 0.3 is 0 Å². The first-order valence-electron chi connectivity index (χ1n) is 7.78. The minimum Gasteiger partial charge on any atom is -0.464 e. The van der Waals surface area contributed by atoms with Gasteiger partial charge in [0, 0.05) is 12.8 Å². The molecule has 0 saturated carbocycles. The molecule has 0 aromatic carbocycles. The van der Waals surface area contributed by atoms with Gasteiger partial charge in [0.15, 0.2) is 0 Å². The summed E-state index contributed by atoms with van der Waals surface area (Å²) in [6.45, 7) is 0.195. The quantitative estimate of drug-likeness (QED) is 0.166. The fraction of sp³-hybridized carbons (Fsp3) is 0.846. The second-order valence-electron chi connectivity index (χ2n) is 5.24. The molecule has 0 aliphatic heterocycles. The second-order valence-corrected chi connectivity index (χ2v) is 5.24. The van der Waals surface area contributed by atoms with Gasteiger partial charge in [-0.15, -0.1) is 20.2 Å². The van der Waals surface area contributed by atoms with Crippen LogP contribution >= 0.6 is 0 Å². The number of ether oxygens (including phenoxy) is 1. The Labute approximate surface area is 143 Å². The van der Waals surface area contributed by atoms with Crippen LogP contribution in [0.4, 0.5) is 0 Å². The Morgan fingerprint density at radius 3 is 2.32 bits per heavy atom. The molecule has 144 valence electrons. The van der Waals surface area contributed by atoms with Gasteiger partial charge in [-0.3, -0.25) is 9.59 Å². The molecule has 2 N–H and O–H groups in total. The molecule has 2 atom stereocenters. The van der Waals surface area contributed by atoms with Gasteiger partial charge in [0.05, 0.1) is 0 Å². The van der Waals surface area contributed by atoms with Crippen LogP contribution in [0.3, 0.4) is 0 Å². The second kappa shape index (κ2) is 13.9. The highest BCUT2D eigenvalue weighted by Gasteiger charge is 2.18. The summed E-state index contributed by atoms with van der Waals surface area (Å²) in [6, 6.07) is 0. The lowest BCUT2D eigenvalue weighted by Crippen LogP contribution is -2.25. The van der Waals surface area contributed by atoms with Crippen LogP contribution < -0.4 is 5.73 Å². The smallest absolute Gasteiger partial charge is 0.294 e. The molecule has 0 radical (unpaired) electrons. The first kappa shape index (κ1) is 22.5. The Bertz CT molecular complexity index is 433. The zero-order chi connectivity index (χ0) is 19.1. The fourth-order valence-electron chi connectivity index (χ4n) is 2.13. The van der Waals surface area contributed by atoms with Crippen LogP contribution in [0.25, 0.3) is 0 Å². The molecule has 0 aromatic rings. The van der Waals surface area contributed by atoms with Crippen LogP contribution in [-0.4, -0.2) is 47.8 Å². The summed E-state index contributed by atoms with van der Waals surface area (Å²) in [7, 11) is 0. The summed E-state index contributed by atoms with van der Waals surface area (Å²) < 4.78 is 4.85. The van der Waals surface area contributed by atoms with E-state index in [1.165, 1.54) is 0 Å². The van der Waals surface area contributed by atoms with E-state index in [-0.39, 0.29) is 37.9 Å². The first-order chi connectivity index (χ1) is 11.9. The zero-order valence-electron chi connectivity index (χ0n) is 13.7. The number of nitrogens with two attached hydrogens (primary N) is 1. The lowest BCUT2D eigenvalue weighted by Gasteiger charge is -2.15. The molecule has 0 aliphatic carbocycles. The van der Waals surface area contributed by atoms with Crippen molar-refractivity contribution in [2.24, 2.45) is 5.73 Å². The maximum Gasteiger partial charge on any atom is 0.294 e. The van der Waals surface area contributed by atoms with Crippen LogP contribution in [0.1, 0.15) is 44.9 Å². The largest absolute Gasteiger partial charge is 0.464 e. The molecule has 0 rings (SSSR count). The Balaban J connectivity index is 4.21. The van der Waals surface area contributed by atoms with Gasteiger partial charge in [-0.05, 0) is 38.6 Å². The Morgan fingerprint density at radius 2 is 1.76 bits per heavy atom. The van der Waals surface area contributed by atoms with Crippen LogP contribution in [0.15, 0.2) is 0 Å². The highest BCUT2D eigenvalue weighted by Crippen LogP contribution is 2.13. The van der Waals surface area contributed by atoms with Crippen molar-refractivity contribution >= 4 is 12.3 Å². The van der Waals surface area contributed by atoms with Crippen LogP contribution in [0, 0.1) is 20.2 Å². The molecule has 0 fully saturated rings. The standard InChI is InChI=1S/C13H23N3O9/c14-7-2-1-5-12(23-10-17)8-11(18)4-3-6-13(25-16(21)22)9-24-15(19)20/h10,12-13H,1-9,14H2. The van der Waals surface area contributed by atoms with Gasteiger partial charge in [-0.1, -0.05) is 0 Å². The van der Waals surface area contributed by atoms with E-state index in [1.54, 1.807) is 0 Å². The van der Waals surface area contributed by atoms with E-state index in [1.807, 2.05) is 0 Å². The van der Waals surface area contributed by atoms with Crippen molar-refractivity contribution in [2.75, 3.05) is 13.2 Å². The van der Waals surface area contributed by atoms with Crippen LogP contribution in [-0.2, 0) is 24.0 Å². The molecular weight excluding hydrogens is 342 g/mol. The van der Waals surface area contributed by atoms with E-state index in [4.69, 9.17) is 10.5 Å². The molecule has 12 nitrogen and oxygen atoms in total. The number of Topliss-reactive ketones (excluding diaryl/α,β-unsaturated/α-hetero) is 1. The molecule has 25 heavy (non-hydrogen) atoms. The number of unbranched alkanes of at least 4 members (excludes halogenated alkanes) is 1. The maximum absolute atomic E-state index is 11.9. The predicted octanol–water partition coefficient (Wildman–Crippen LogP) is 0.572. The Kier molecular flexibility index (Phi) is 12.5. The monoisotopic (exact) mass is 365 g/mol. The third-order valence-corrected chi connectivity index (χ3v) is 3.27. The minimum atomic E-state index is -1.14. The number of nitrogens with zero attached hydrogens (tertiary/aromatic N) is 2. The summed E-state index contributed by atoms with van der Waals surface area (Å²) in [5, 5.41) is 18.3. The molecule has 0 amide bonds. The van der Waals surface area contributed by atoms with Crippen molar-refractivity contribution in [3.05, 3.63) is 20.2 Å². The molecule has 0 spiro atoms. The molecule has 0 aliphatic rings. The third-order valence-electron chi connectivity index (χ3n) is 3.27. The van der Waals surface area contributed by atoms with E-state index in [9.17, 15) is 29.8 Å². The lowest BCUT2D eigenvalue weighted by atomic mass is 10.0. The molecule has 12 heteroatoms. The number of rotatable bonds is 17. The SMILES string of the molecule is NCCCCC(CC(=O)CCCC(CO[N+](=O)[O-])O[N+](=O)[O-])OC=O. The molecule has 0 saturated heterocycles. The van der Waals surface area contributed by atoms with Crippen molar-refractivity contribution in [3.63, 3.8) is 0 Å². The lowest BCUT2D eigenvalue weighted by molar-refractivity contribution is -0.790. The molecule has 2 unspecified atom stereocenters. The number of ketones is 1. The number of carbonyl (C=O) groups is 2. The molecule has 0 heterocycles. The first-order valence-corrected chi connectivity index (χ1v) is 7.78. The van der Waals surface area contributed by atoms with Crippen molar-refractivity contribution in [1.82, 2.24) is 0 Å². The summed E-state index contributed by atoms with van der Waals surface area (Å²) >= 11 is 0. The van der Waals surface area contributed by atoms with Gasteiger partial charge in [0.25, 0.3) is 16.6 Å². The summed E-state index contributed by atoms with van der Waals surface area (Å²) in [6.07, 6.45) is 0.691. The molecular formula is C13H23N3O9. The minimum absolute atomic E-state index is 0.0347. The van der Waals surface area contributed by atoms with Gasteiger partial charge < -0.3 is 20.1 Å². The van der Waals surface area contributed by atoms with Crippen molar-refractivity contribution < 1.29 is 34.2 Å². The molecule has 0 aromatic heterocycles. The van der Waals surface area contributed by atoms with E-state index < -0.39 is 29.0 Å². The van der Waals surface area contributed by atoms with Crippen LogP contribution in [0.5, 0.6) is 0 Å². The number of hydrogen-bond donors (Lipinski definition) is 1. The Hall–Kier alpha value is -2.50. The normalized spacial score (nSPS) is 12.7. The van der Waals surface area contributed by atoms with Crippen LogP contribution in [0.2, 0.25) is 0 Å². The number of hydrogen-bond acceptors (Lipinski definition) is 10. The highest BCUT2D eigenvalue weighted by atomic mass is 17.0. The summed E-state index contributed by atoms with van der Waals surface area (Å²) in [4.78, 5) is 51.1. The van der Waals surface area contributed by atoms with E-state index >= 15 is 0 Å². The van der Waals surface area contributed by atoms with Crippen molar-refractivity contribution in [1.29, 1.82) is 0 Å². The highest BCUT2D eigenvalue weighted by molar-refractivity contribution is 5.78. The average molecular weight is 365 g/mol. The van der Waals surface area contributed by atoms with Crippen molar-refractivity contribution in [2.45, 2.75) is 57.2 Å². The maximum atomic E-state index is 11.9. The van der Waals surface area contributed by atoms with E-state index in [0.29, 0.717) is 13.0 Å². The van der Waals surface area contributed by atoms with Gasteiger partial charge in [0.1, 0.15) is 24.6 Å². The third kappa shape index (κ3) is 13.6. The molecule has 0 bridgehead atoms. The zero-order valence-corrected chi connectivity index (χ0v) is 13.7. The topological polar surface area (TPSA) is 174 Å². The van der Waals surface area contributed by atoms with Gasteiger partial charge in [0.2, 0.25) is 0 Å². The summed E-state index contributed by atoms with van der Waals surface area (Å²) in [5.74, 6) is -0.186. The van der Waals surface area contributed by atoms with E-state index in [2.05, 4.69) is 9.68 Å². The Morgan fingerprint density at radius 1 is 1.08 bits per heavy atom. The van der Waals surface area contributed by atoms with Crippen molar-refractivity contribution in [3.8, 4) is 0 Å².